The average Bonchev–Trinajstić information content (AvgIpc) is 3.30. The molecule has 3 aromatic rings. The summed E-state index contributed by atoms with van der Waals surface area (Å²) in [6.45, 7) is 1.71. The maximum atomic E-state index is 12.9. The quantitative estimate of drug-likeness (QED) is 0.220. The van der Waals surface area contributed by atoms with Gasteiger partial charge >= 0.3 is 5.97 Å². The molecule has 10 nitrogen and oxygen atoms in total. The number of allylic oxidation sites excluding steroid dienone is 1. The summed E-state index contributed by atoms with van der Waals surface area (Å²) in [4.78, 5) is 47.1. The van der Waals surface area contributed by atoms with Crippen LogP contribution in [0.25, 0.3) is 17.1 Å². The van der Waals surface area contributed by atoms with Crippen molar-refractivity contribution >= 4 is 46.1 Å². The van der Waals surface area contributed by atoms with Gasteiger partial charge in [-0.05, 0) is 37.3 Å². The first-order valence-electron chi connectivity index (χ1n) is 9.33. The third-order valence-corrected chi connectivity index (χ3v) is 4.56. The number of ketones is 1. The number of carbonyl (C=O) groups excluding carboxylic acids is 2. The Morgan fingerprint density at radius 2 is 2.13 bits per heavy atom. The number of nitro benzene ring substituents is 1. The first kappa shape index (κ1) is 20.0. The van der Waals surface area contributed by atoms with Crippen molar-refractivity contribution in [2.75, 3.05) is 6.61 Å². The number of nitrogens with one attached hydrogen (secondary N) is 1. The zero-order chi connectivity index (χ0) is 22.0. The molecule has 1 aromatic carbocycles. The number of hydrogen-bond acceptors (Lipinski definition) is 8. The molecule has 1 saturated heterocycles. The molecule has 1 fully saturated rings. The van der Waals surface area contributed by atoms with Gasteiger partial charge in [0.2, 0.25) is 11.7 Å². The maximum Gasteiger partial charge on any atom is 0.326 e. The Kier molecular flexibility index (Phi) is 5.27. The van der Waals surface area contributed by atoms with Gasteiger partial charge in [-0.25, -0.2) is 9.98 Å². The van der Waals surface area contributed by atoms with Crippen LogP contribution < -0.4 is 0 Å². The minimum atomic E-state index is -1.36. The number of nitro groups is 1. The number of aromatic nitrogens is 2. The van der Waals surface area contributed by atoms with Crippen LogP contribution in [0.4, 0.5) is 11.4 Å². The number of Topliss-reactive ketones (excluding diaryl/α,β-unsaturated/α-hetero) is 1. The van der Waals surface area contributed by atoms with E-state index in [1.807, 2.05) is 6.07 Å². The molecule has 1 atom stereocenters. The Morgan fingerprint density at radius 3 is 2.84 bits per heavy atom. The molecule has 0 spiro atoms. The van der Waals surface area contributed by atoms with Crippen molar-refractivity contribution < 1.29 is 24.0 Å². The molecular formula is C21H16N4O6. The predicted octanol–water partition coefficient (Wildman–Crippen LogP) is 3.32. The Morgan fingerprint density at radius 1 is 1.35 bits per heavy atom. The smallest absolute Gasteiger partial charge is 0.326 e. The van der Waals surface area contributed by atoms with E-state index < -0.39 is 22.6 Å². The molecule has 2 aromatic heterocycles. The summed E-state index contributed by atoms with van der Waals surface area (Å²) in [5.74, 6) is -2.94. The molecule has 1 unspecified atom stereocenters. The van der Waals surface area contributed by atoms with Crippen molar-refractivity contribution in [3.8, 4) is 0 Å². The van der Waals surface area contributed by atoms with Gasteiger partial charge in [0.1, 0.15) is 5.65 Å². The van der Waals surface area contributed by atoms with Gasteiger partial charge in [-0.2, -0.15) is 0 Å². The van der Waals surface area contributed by atoms with Gasteiger partial charge in [0.05, 0.1) is 17.2 Å². The summed E-state index contributed by atoms with van der Waals surface area (Å²) >= 11 is 0. The Labute approximate surface area is 175 Å². The van der Waals surface area contributed by atoms with Crippen LogP contribution in [0.3, 0.4) is 0 Å². The lowest BCUT2D eigenvalue weighted by molar-refractivity contribution is -0.384. The van der Waals surface area contributed by atoms with Gasteiger partial charge in [-0.3, -0.25) is 19.7 Å². The number of esters is 1. The number of aromatic amines is 1. The second kappa shape index (κ2) is 8.19. The summed E-state index contributed by atoms with van der Waals surface area (Å²) in [5.41, 5.74) is 1.48. The highest BCUT2D eigenvalue weighted by molar-refractivity contribution is 6.27. The highest BCUT2D eigenvalue weighted by Gasteiger charge is 2.44. The normalized spacial score (nSPS) is 18.5. The molecule has 10 heteroatoms. The van der Waals surface area contributed by atoms with Crippen LogP contribution in [-0.2, 0) is 19.1 Å². The van der Waals surface area contributed by atoms with Crippen LogP contribution >= 0.6 is 0 Å². The molecule has 0 amide bonds. The van der Waals surface area contributed by atoms with Crippen LogP contribution in [0.5, 0.6) is 0 Å². The fourth-order valence-electron chi connectivity index (χ4n) is 3.11. The minimum Gasteiger partial charge on any atom is -0.465 e. The Balaban J connectivity index is 1.72. The Hall–Kier alpha value is -4.34. The van der Waals surface area contributed by atoms with E-state index >= 15 is 0 Å². The number of aliphatic imine (C=N–C) groups is 1. The third kappa shape index (κ3) is 3.90. The zero-order valence-corrected chi connectivity index (χ0v) is 16.3. The van der Waals surface area contributed by atoms with Crippen molar-refractivity contribution in [1.82, 2.24) is 9.97 Å². The number of benzene rings is 1. The van der Waals surface area contributed by atoms with Crippen molar-refractivity contribution in [1.29, 1.82) is 0 Å². The second-order valence-electron chi connectivity index (χ2n) is 6.53. The van der Waals surface area contributed by atoms with E-state index in [-0.39, 0.29) is 24.0 Å². The molecule has 156 valence electrons. The molecule has 1 N–H and O–H groups in total. The van der Waals surface area contributed by atoms with E-state index in [4.69, 9.17) is 9.47 Å². The monoisotopic (exact) mass is 420 g/mol. The highest BCUT2D eigenvalue weighted by atomic mass is 16.6. The fraction of sp³-hybridized carbons (Fsp3) is 0.143. The molecule has 31 heavy (non-hydrogen) atoms. The minimum absolute atomic E-state index is 0.0662. The average molecular weight is 420 g/mol. The molecular weight excluding hydrogens is 404 g/mol. The van der Waals surface area contributed by atoms with Gasteiger partial charge in [-0.1, -0.05) is 0 Å². The van der Waals surface area contributed by atoms with E-state index in [0.717, 1.165) is 5.39 Å². The second-order valence-corrected chi connectivity index (χ2v) is 6.53. The van der Waals surface area contributed by atoms with Gasteiger partial charge in [0.15, 0.2) is 11.7 Å². The number of rotatable bonds is 5. The molecule has 0 saturated carbocycles. The fourth-order valence-corrected chi connectivity index (χ4v) is 3.11. The van der Waals surface area contributed by atoms with Crippen LogP contribution in [0.2, 0.25) is 0 Å². The number of fused-ring (bicyclic) bond motifs is 1. The highest BCUT2D eigenvalue weighted by Crippen LogP contribution is 2.29. The van der Waals surface area contributed by atoms with E-state index in [2.05, 4.69) is 15.0 Å². The summed E-state index contributed by atoms with van der Waals surface area (Å²) in [7, 11) is 0. The zero-order valence-electron chi connectivity index (χ0n) is 16.3. The molecule has 1 aliphatic rings. The Bertz CT molecular complexity index is 1240. The van der Waals surface area contributed by atoms with Crippen LogP contribution in [0, 0.1) is 16.0 Å². The molecule has 4 rings (SSSR count). The lowest BCUT2D eigenvalue weighted by atomic mass is 10.0. The van der Waals surface area contributed by atoms with E-state index in [1.165, 1.54) is 30.3 Å². The maximum absolute atomic E-state index is 12.9. The van der Waals surface area contributed by atoms with Crippen molar-refractivity contribution in [2.45, 2.75) is 6.92 Å². The van der Waals surface area contributed by atoms with Crippen LogP contribution in [0.1, 0.15) is 12.5 Å². The SMILES string of the molecule is CCOC(=O)C1C(=O)/C(=C/c2c[nH]c3ncccc23)OC1=Nc1ccc([N+](=O)[O-])cc1. The first-order valence-corrected chi connectivity index (χ1v) is 9.33. The number of carbonyl (C=O) groups is 2. The molecule has 0 bridgehead atoms. The van der Waals surface area contributed by atoms with Crippen LogP contribution in [-0.4, -0.2) is 39.1 Å². The lowest BCUT2D eigenvalue weighted by Gasteiger charge is -2.06. The van der Waals surface area contributed by atoms with Gasteiger partial charge in [-0.15, -0.1) is 0 Å². The number of nitrogens with zero attached hydrogens (tertiary/aromatic N) is 3. The van der Waals surface area contributed by atoms with Crippen LogP contribution in [0.15, 0.2) is 59.5 Å². The molecule has 0 radical (unpaired) electrons. The first-order chi connectivity index (χ1) is 15.0. The summed E-state index contributed by atoms with van der Waals surface area (Å²) in [6.07, 6.45) is 4.82. The lowest BCUT2D eigenvalue weighted by Crippen LogP contribution is -2.27. The van der Waals surface area contributed by atoms with Gasteiger partial charge < -0.3 is 14.5 Å². The van der Waals surface area contributed by atoms with Crippen molar-refractivity contribution in [3.63, 3.8) is 0 Å². The predicted molar refractivity (Wildman–Crippen MR) is 110 cm³/mol. The summed E-state index contributed by atoms with van der Waals surface area (Å²) < 4.78 is 10.7. The molecule has 3 heterocycles. The number of pyridine rings is 1. The number of hydrogen-bond donors (Lipinski definition) is 1. The van der Waals surface area contributed by atoms with Crippen molar-refractivity contribution in [3.05, 3.63) is 70.2 Å². The van der Waals surface area contributed by atoms with Crippen molar-refractivity contribution in [2.24, 2.45) is 10.9 Å². The van der Waals surface area contributed by atoms with Gasteiger partial charge in [0, 0.05) is 35.5 Å². The molecule has 0 aliphatic carbocycles. The topological polar surface area (TPSA) is 137 Å². The van der Waals surface area contributed by atoms with E-state index in [0.29, 0.717) is 16.9 Å². The van der Waals surface area contributed by atoms with Gasteiger partial charge in [0.25, 0.3) is 5.69 Å². The van der Waals surface area contributed by atoms with E-state index in [1.54, 1.807) is 25.4 Å². The molecule has 1 aliphatic heterocycles. The third-order valence-electron chi connectivity index (χ3n) is 4.56. The summed E-state index contributed by atoms with van der Waals surface area (Å²) in [6, 6.07) is 8.93. The number of non-ortho nitro benzene ring substituents is 1. The summed E-state index contributed by atoms with van der Waals surface area (Å²) in [5, 5.41) is 11.6. The largest absolute Gasteiger partial charge is 0.465 e. The number of ether oxygens (including phenoxy) is 2. The van der Waals surface area contributed by atoms with E-state index in [9.17, 15) is 19.7 Å². The standard InChI is InChI=1S/C21H16N4O6/c1-2-30-21(27)17-18(26)16(10-12-11-23-19-15(12)4-3-9-22-19)31-20(17)24-13-5-7-14(8-6-13)25(28)29/h3-11,17H,2H2,1H3,(H,22,23)/b16-10-,24-20?. The number of H-pyrrole nitrogens is 1.